The van der Waals surface area contributed by atoms with Gasteiger partial charge in [-0.25, -0.2) is 0 Å². The first kappa shape index (κ1) is 16.4. The van der Waals surface area contributed by atoms with Gasteiger partial charge in [-0.15, -0.1) is 22.9 Å². The maximum atomic E-state index is 3.67. The summed E-state index contributed by atoms with van der Waals surface area (Å²) in [5.41, 5.74) is 7.79. The van der Waals surface area contributed by atoms with Crippen LogP contribution in [0.2, 0.25) is 0 Å². The Bertz CT molecular complexity index is 724. The third kappa shape index (κ3) is 2.24. The molecule has 0 saturated heterocycles. The molecule has 0 aromatic heterocycles. The van der Waals surface area contributed by atoms with Gasteiger partial charge in [0.1, 0.15) is 0 Å². The van der Waals surface area contributed by atoms with Crippen LogP contribution in [0, 0.1) is 24.6 Å². The Morgan fingerprint density at radius 3 is 2.08 bits per heavy atom. The second kappa shape index (κ2) is 5.86. The summed E-state index contributed by atoms with van der Waals surface area (Å²) in [4.78, 5) is 4.90. The van der Waals surface area contributed by atoms with E-state index in [0.717, 1.165) is 23.7 Å². The van der Waals surface area contributed by atoms with E-state index in [4.69, 9.17) is 0 Å². The first-order valence-corrected chi connectivity index (χ1v) is 9.96. The van der Waals surface area contributed by atoms with Gasteiger partial charge in [0.25, 0.3) is 0 Å². The van der Waals surface area contributed by atoms with Crippen molar-refractivity contribution in [2.45, 2.75) is 63.2 Å². The van der Waals surface area contributed by atoms with Crippen LogP contribution in [0.4, 0.5) is 5.69 Å². The molecule has 0 atom stereocenters. The van der Waals surface area contributed by atoms with E-state index in [2.05, 4.69) is 41.7 Å². The van der Waals surface area contributed by atoms with E-state index >= 15 is 0 Å². The van der Waals surface area contributed by atoms with Gasteiger partial charge in [-0.1, -0.05) is 18.8 Å². The fraction of sp³-hybridized carbons (Fsp3) is 0.591. The summed E-state index contributed by atoms with van der Waals surface area (Å²) in [6.07, 6.45) is 11.2. The molecule has 1 radical (unpaired) electrons. The predicted octanol–water partition coefficient (Wildman–Crippen LogP) is 5.14. The Labute approximate surface area is 165 Å². The number of fused-ring (bicyclic) bond motifs is 4. The summed E-state index contributed by atoms with van der Waals surface area (Å²) < 4.78 is 0. The van der Waals surface area contributed by atoms with E-state index in [1.54, 1.807) is 22.5 Å². The first-order valence-electron chi connectivity index (χ1n) is 9.96. The van der Waals surface area contributed by atoms with Crippen LogP contribution in [0.25, 0.3) is 0 Å². The summed E-state index contributed by atoms with van der Waals surface area (Å²) in [5, 5.41) is 0. The topological polar surface area (TPSA) is 6.48 Å². The van der Waals surface area contributed by atoms with Crippen LogP contribution in [0.1, 0.15) is 74.3 Å². The summed E-state index contributed by atoms with van der Waals surface area (Å²) >= 11 is 0. The van der Waals surface area contributed by atoms with Crippen molar-refractivity contribution in [1.29, 1.82) is 0 Å². The molecule has 1 aliphatic heterocycles. The van der Waals surface area contributed by atoms with Crippen molar-refractivity contribution < 1.29 is 20.1 Å². The summed E-state index contributed by atoms with van der Waals surface area (Å²) in [5.74, 6) is 3.20. The maximum Gasteiger partial charge on any atom is 0.00843 e. The van der Waals surface area contributed by atoms with Gasteiger partial charge in [0, 0.05) is 31.5 Å². The molecule has 3 heteroatoms. The largest absolute Gasteiger partial charge is 0.507 e. The van der Waals surface area contributed by atoms with E-state index in [9.17, 15) is 0 Å². The molecule has 8 rings (SSSR count). The Hall–Kier alpha value is -0.791. The van der Waals surface area contributed by atoms with E-state index < -0.39 is 0 Å². The van der Waals surface area contributed by atoms with Gasteiger partial charge in [-0.3, -0.25) is 0 Å². The normalized spacial score (nSPS) is 34.9. The van der Waals surface area contributed by atoms with Gasteiger partial charge < -0.3 is 9.80 Å². The van der Waals surface area contributed by atoms with E-state index in [1.165, 1.54) is 57.1 Å². The van der Waals surface area contributed by atoms with Gasteiger partial charge in [-0.2, -0.15) is 18.8 Å². The second-order valence-corrected chi connectivity index (χ2v) is 8.69. The molecule has 7 aliphatic rings. The van der Waals surface area contributed by atoms with Gasteiger partial charge in [0.2, 0.25) is 0 Å². The van der Waals surface area contributed by atoms with E-state index in [-0.39, 0.29) is 20.1 Å². The molecular formula is C22H26IrN2-2. The molecule has 6 aliphatic carbocycles. The minimum absolute atomic E-state index is 0. The van der Waals surface area contributed by atoms with Crippen LogP contribution in [-0.4, -0.2) is 11.9 Å². The minimum atomic E-state index is 0. The number of benzene rings is 1. The number of hydrogen-bond donors (Lipinski definition) is 0. The van der Waals surface area contributed by atoms with E-state index in [1.807, 2.05) is 0 Å². The molecule has 0 amide bonds. The fourth-order valence-electron chi connectivity index (χ4n) is 6.41. The third-order valence-electron chi connectivity index (χ3n) is 7.56. The smallest absolute Gasteiger partial charge is 0.00843 e. The SMILES string of the molecule is CN1[CH-]N(c2[c-]cc3c(c2)C2CCC3CC2)C2=C1C1CCC2CC1.[Ir]. The molecule has 2 saturated carbocycles. The number of rotatable bonds is 1. The number of nitrogens with zero attached hydrogens (tertiary/aromatic N) is 2. The van der Waals surface area contributed by atoms with Crippen molar-refractivity contribution in [3.8, 4) is 0 Å². The molecule has 1 aromatic carbocycles. The second-order valence-electron chi connectivity index (χ2n) is 8.69. The molecule has 0 unspecified atom stereocenters. The molecular weight excluding hydrogens is 484 g/mol. The number of hydrogen-bond acceptors (Lipinski definition) is 2. The van der Waals surface area contributed by atoms with Crippen molar-refractivity contribution in [3.05, 3.63) is 47.4 Å². The molecule has 2 nitrogen and oxygen atoms in total. The molecule has 2 fully saturated rings. The van der Waals surface area contributed by atoms with Crippen LogP contribution < -0.4 is 4.90 Å². The number of allylic oxidation sites excluding steroid dienone is 2. The van der Waals surface area contributed by atoms with Crippen molar-refractivity contribution in [2.24, 2.45) is 11.8 Å². The Balaban J connectivity index is 0.00000140. The van der Waals surface area contributed by atoms with Gasteiger partial charge in [0.05, 0.1) is 0 Å². The van der Waals surface area contributed by atoms with E-state index in [0.29, 0.717) is 0 Å². The van der Waals surface area contributed by atoms with Crippen LogP contribution in [0.15, 0.2) is 23.5 Å². The van der Waals surface area contributed by atoms with Crippen LogP contribution in [0.5, 0.6) is 0 Å². The zero-order valence-electron chi connectivity index (χ0n) is 14.9. The standard InChI is InChI=1S/C22H26N2.Ir/c1-23-13-24(22-17-8-6-16(7-9-17)21(22)23)18-10-11-19-14-2-4-15(5-3-14)20(19)12-18;/h11-17H,2-9H2,1H3;/q-2;. The quantitative estimate of drug-likeness (QED) is 0.483. The van der Waals surface area contributed by atoms with Crippen molar-refractivity contribution in [3.63, 3.8) is 0 Å². The van der Waals surface area contributed by atoms with Crippen LogP contribution >= 0.6 is 0 Å². The van der Waals surface area contributed by atoms with Crippen LogP contribution in [-0.2, 0) is 20.1 Å². The molecule has 135 valence electrons. The third-order valence-corrected chi connectivity index (χ3v) is 7.56. The monoisotopic (exact) mass is 511 g/mol. The van der Waals surface area contributed by atoms with Gasteiger partial charge in [-0.05, 0) is 63.3 Å². The Morgan fingerprint density at radius 1 is 0.840 bits per heavy atom. The van der Waals surface area contributed by atoms with Gasteiger partial charge in [0.15, 0.2) is 0 Å². The van der Waals surface area contributed by atoms with Crippen molar-refractivity contribution in [1.82, 2.24) is 4.90 Å². The molecule has 1 heterocycles. The minimum Gasteiger partial charge on any atom is -0.507 e. The number of anilines is 1. The summed E-state index contributed by atoms with van der Waals surface area (Å²) in [7, 11) is 2.25. The average molecular weight is 511 g/mol. The first-order chi connectivity index (χ1) is 11.8. The molecule has 25 heavy (non-hydrogen) atoms. The molecule has 1 aromatic rings. The molecule has 0 N–H and O–H groups in total. The average Bonchev–Trinajstić information content (AvgIpc) is 3.03. The molecule has 4 bridgehead atoms. The summed E-state index contributed by atoms with van der Waals surface area (Å²) in [6, 6.07) is 8.51. The zero-order chi connectivity index (χ0) is 15.8. The predicted molar refractivity (Wildman–Crippen MR) is 96.2 cm³/mol. The Morgan fingerprint density at radius 2 is 1.40 bits per heavy atom. The van der Waals surface area contributed by atoms with Crippen LogP contribution in [0.3, 0.4) is 0 Å². The Kier molecular flexibility index (Phi) is 3.84. The van der Waals surface area contributed by atoms with Crippen molar-refractivity contribution in [2.75, 3.05) is 11.9 Å². The van der Waals surface area contributed by atoms with Crippen molar-refractivity contribution >= 4 is 5.69 Å². The summed E-state index contributed by atoms with van der Waals surface area (Å²) in [6.45, 7) is 2.33. The molecule has 0 spiro atoms. The zero-order valence-corrected chi connectivity index (χ0v) is 17.3. The fourth-order valence-corrected chi connectivity index (χ4v) is 6.41. The maximum absolute atomic E-state index is 3.67. The van der Waals surface area contributed by atoms with Gasteiger partial charge >= 0.3 is 0 Å².